The summed E-state index contributed by atoms with van der Waals surface area (Å²) < 4.78 is 0. The van der Waals surface area contributed by atoms with E-state index < -0.39 is 0 Å². The van der Waals surface area contributed by atoms with Crippen LogP contribution in [0.5, 0.6) is 0 Å². The van der Waals surface area contributed by atoms with E-state index in [1.165, 1.54) is 17.3 Å². The predicted molar refractivity (Wildman–Crippen MR) is 84.3 cm³/mol. The van der Waals surface area contributed by atoms with E-state index in [9.17, 15) is 0 Å². The number of rotatable bonds is 6. The fourth-order valence-corrected chi connectivity index (χ4v) is 2.24. The van der Waals surface area contributed by atoms with Gasteiger partial charge in [0, 0.05) is 19.3 Å². The third-order valence-corrected chi connectivity index (χ3v) is 3.49. The first-order valence-electron chi connectivity index (χ1n) is 6.54. The number of anilines is 2. The van der Waals surface area contributed by atoms with E-state index in [4.69, 9.17) is 0 Å². The van der Waals surface area contributed by atoms with Crippen LogP contribution in [0.15, 0.2) is 29.6 Å². The molecule has 2 aromatic rings. The third-order valence-electron chi connectivity index (χ3n) is 2.95. The minimum Gasteiger partial charge on any atom is -0.373 e. The van der Waals surface area contributed by atoms with Crippen molar-refractivity contribution >= 4 is 23.4 Å². The van der Waals surface area contributed by atoms with Gasteiger partial charge in [0.25, 0.3) is 0 Å². The van der Waals surface area contributed by atoms with Crippen LogP contribution < -0.4 is 10.6 Å². The Kier molecular flexibility index (Phi) is 5.17. The molecule has 0 aliphatic heterocycles. The first-order valence-corrected chi connectivity index (χ1v) is 7.76. The van der Waals surface area contributed by atoms with Gasteiger partial charge in [-0.1, -0.05) is 24.8 Å². The van der Waals surface area contributed by atoms with Crippen molar-refractivity contribution in [2.24, 2.45) is 0 Å². The van der Waals surface area contributed by atoms with Crippen LogP contribution in [0.2, 0.25) is 0 Å². The van der Waals surface area contributed by atoms with Gasteiger partial charge in [-0.05, 0) is 24.3 Å². The summed E-state index contributed by atoms with van der Waals surface area (Å²) in [6, 6.07) is 5.97. The van der Waals surface area contributed by atoms with Crippen molar-refractivity contribution in [1.29, 1.82) is 0 Å². The summed E-state index contributed by atoms with van der Waals surface area (Å²) in [7, 11) is 1.85. The average molecular weight is 289 g/mol. The Morgan fingerprint density at radius 3 is 2.75 bits per heavy atom. The highest BCUT2D eigenvalue weighted by atomic mass is 32.2. The lowest BCUT2D eigenvalue weighted by Gasteiger charge is -2.10. The van der Waals surface area contributed by atoms with Crippen molar-refractivity contribution < 1.29 is 0 Å². The molecule has 6 heteroatoms. The largest absolute Gasteiger partial charge is 0.373 e. The molecule has 0 aromatic carbocycles. The van der Waals surface area contributed by atoms with Gasteiger partial charge in [-0.15, -0.1) is 0 Å². The molecule has 2 rings (SSSR count). The smallest absolute Gasteiger partial charge is 0.191 e. The Bertz CT molecular complexity index is 551. The highest BCUT2D eigenvalue weighted by Gasteiger charge is 2.05. The SMILES string of the molecule is CCc1cccnc1CNc1cc(NC)nc(SC)n1. The summed E-state index contributed by atoms with van der Waals surface area (Å²) in [6.07, 6.45) is 4.77. The molecule has 0 radical (unpaired) electrons. The Hall–Kier alpha value is -1.82. The van der Waals surface area contributed by atoms with Crippen LogP contribution in [-0.2, 0) is 13.0 Å². The molecular weight excluding hydrogens is 270 g/mol. The maximum absolute atomic E-state index is 4.44. The highest BCUT2D eigenvalue weighted by Crippen LogP contribution is 2.17. The lowest BCUT2D eigenvalue weighted by Crippen LogP contribution is -2.07. The topological polar surface area (TPSA) is 62.7 Å². The number of pyridine rings is 1. The second-order valence-corrected chi connectivity index (χ2v) is 4.96. The van der Waals surface area contributed by atoms with Gasteiger partial charge in [0.15, 0.2) is 5.16 Å². The van der Waals surface area contributed by atoms with Gasteiger partial charge < -0.3 is 10.6 Å². The summed E-state index contributed by atoms with van der Waals surface area (Å²) in [4.78, 5) is 13.2. The first kappa shape index (κ1) is 14.6. The van der Waals surface area contributed by atoms with E-state index in [0.717, 1.165) is 28.9 Å². The second-order valence-electron chi connectivity index (χ2n) is 4.19. The molecule has 0 aliphatic carbocycles. The monoisotopic (exact) mass is 289 g/mol. The predicted octanol–water partition coefficient (Wildman–Crippen LogP) is 2.81. The van der Waals surface area contributed by atoms with Crippen molar-refractivity contribution in [1.82, 2.24) is 15.0 Å². The van der Waals surface area contributed by atoms with Gasteiger partial charge in [-0.2, -0.15) is 0 Å². The number of aromatic nitrogens is 3. The fourth-order valence-electron chi connectivity index (χ4n) is 1.86. The average Bonchev–Trinajstić information content (AvgIpc) is 2.52. The van der Waals surface area contributed by atoms with E-state index in [-0.39, 0.29) is 0 Å². The van der Waals surface area contributed by atoms with Gasteiger partial charge in [0.1, 0.15) is 11.6 Å². The van der Waals surface area contributed by atoms with E-state index in [0.29, 0.717) is 6.54 Å². The molecule has 106 valence electrons. The Balaban J connectivity index is 2.14. The Labute approximate surface area is 123 Å². The molecule has 0 spiro atoms. The van der Waals surface area contributed by atoms with Crippen molar-refractivity contribution in [2.45, 2.75) is 25.0 Å². The molecular formula is C14H19N5S. The van der Waals surface area contributed by atoms with Crippen molar-refractivity contribution in [3.05, 3.63) is 35.7 Å². The number of hydrogen-bond donors (Lipinski definition) is 2. The molecule has 2 heterocycles. The summed E-state index contributed by atoms with van der Waals surface area (Å²) in [5.74, 6) is 1.62. The molecule has 0 aliphatic rings. The number of nitrogens with one attached hydrogen (secondary N) is 2. The standard InChI is InChI=1S/C14H19N5S/c1-4-10-6-5-7-16-11(10)9-17-13-8-12(15-2)18-14(19-13)20-3/h5-8H,4,9H2,1-3H3,(H2,15,17,18,19). The number of hydrogen-bond acceptors (Lipinski definition) is 6. The van der Waals surface area contributed by atoms with Crippen LogP contribution in [0.25, 0.3) is 0 Å². The molecule has 5 nitrogen and oxygen atoms in total. The summed E-state index contributed by atoms with van der Waals surface area (Å²) in [6.45, 7) is 2.80. The summed E-state index contributed by atoms with van der Waals surface area (Å²) in [5, 5.41) is 7.11. The Morgan fingerprint density at radius 1 is 1.25 bits per heavy atom. The zero-order valence-electron chi connectivity index (χ0n) is 12.0. The van der Waals surface area contributed by atoms with E-state index in [1.54, 1.807) is 0 Å². The molecule has 0 unspecified atom stereocenters. The molecule has 0 amide bonds. The van der Waals surface area contributed by atoms with Crippen LogP contribution in [-0.4, -0.2) is 28.3 Å². The summed E-state index contributed by atoms with van der Waals surface area (Å²) >= 11 is 1.52. The highest BCUT2D eigenvalue weighted by molar-refractivity contribution is 7.98. The van der Waals surface area contributed by atoms with Gasteiger partial charge in [0.2, 0.25) is 0 Å². The molecule has 0 saturated carbocycles. The normalized spacial score (nSPS) is 10.3. The first-order chi connectivity index (χ1) is 9.76. The van der Waals surface area contributed by atoms with Gasteiger partial charge in [0.05, 0.1) is 12.2 Å². The van der Waals surface area contributed by atoms with Crippen molar-refractivity contribution in [3.63, 3.8) is 0 Å². The minimum absolute atomic E-state index is 0.665. The summed E-state index contributed by atoms with van der Waals surface area (Å²) in [5.41, 5.74) is 2.32. The molecule has 0 saturated heterocycles. The van der Waals surface area contributed by atoms with Crippen molar-refractivity contribution in [2.75, 3.05) is 23.9 Å². The number of thioether (sulfide) groups is 1. The van der Waals surface area contributed by atoms with E-state index >= 15 is 0 Å². The zero-order chi connectivity index (χ0) is 14.4. The van der Waals surface area contributed by atoms with Crippen molar-refractivity contribution in [3.8, 4) is 0 Å². The van der Waals surface area contributed by atoms with Crippen LogP contribution in [0.1, 0.15) is 18.2 Å². The lowest BCUT2D eigenvalue weighted by molar-refractivity contribution is 0.930. The molecule has 0 bridgehead atoms. The molecule has 0 atom stereocenters. The van der Waals surface area contributed by atoms with Gasteiger partial charge >= 0.3 is 0 Å². The molecule has 0 fully saturated rings. The zero-order valence-corrected chi connectivity index (χ0v) is 12.8. The van der Waals surface area contributed by atoms with E-state index in [1.807, 2.05) is 31.6 Å². The Morgan fingerprint density at radius 2 is 2.05 bits per heavy atom. The van der Waals surface area contributed by atoms with Gasteiger partial charge in [-0.3, -0.25) is 4.98 Å². The van der Waals surface area contributed by atoms with Gasteiger partial charge in [-0.25, -0.2) is 9.97 Å². The number of nitrogens with zero attached hydrogens (tertiary/aromatic N) is 3. The fraction of sp³-hybridized carbons (Fsp3) is 0.357. The third kappa shape index (κ3) is 3.60. The van der Waals surface area contributed by atoms with Crippen LogP contribution in [0, 0.1) is 0 Å². The number of aryl methyl sites for hydroxylation is 1. The maximum Gasteiger partial charge on any atom is 0.191 e. The maximum atomic E-state index is 4.44. The molecule has 20 heavy (non-hydrogen) atoms. The van der Waals surface area contributed by atoms with E-state index in [2.05, 4.69) is 38.6 Å². The van der Waals surface area contributed by atoms with Crippen LogP contribution in [0.3, 0.4) is 0 Å². The quantitative estimate of drug-likeness (QED) is 0.630. The lowest BCUT2D eigenvalue weighted by atomic mass is 10.1. The molecule has 2 N–H and O–H groups in total. The minimum atomic E-state index is 0.665. The van der Waals surface area contributed by atoms with Crippen LogP contribution in [0.4, 0.5) is 11.6 Å². The van der Waals surface area contributed by atoms with Crippen LogP contribution >= 0.6 is 11.8 Å². The molecule has 2 aromatic heterocycles. The second kappa shape index (κ2) is 7.09.